The van der Waals surface area contributed by atoms with Gasteiger partial charge in [-0.15, -0.1) is 0 Å². The Morgan fingerprint density at radius 2 is 1.33 bits per heavy atom. The van der Waals surface area contributed by atoms with Crippen LogP contribution in [0.25, 0.3) is 0 Å². The Kier molecular flexibility index (Phi) is 10.4. The summed E-state index contributed by atoms with van der Waals surface area (Å²) < 4.78 is 154. The van der Waals surface area contributed by atoms with Crippen LogP contribution in [0.15, 0.2) is 35.2 Å². The molecule has 0 amide bonds. The Hall–Kier alpha value is -2.19. The van der Waals surface area contributed by atoms with Gasteiger partial charge in [0, 0.05) is 24.0 Å². The summed E-state index contributed by atoms with van der Waals surface area (Å²) in [5, 5.41) is 0. The summed E-state index contributed by atoms with van der Waals surface area (Å²) in [5.41, 5.74) is 1.27. The Balaban J connectivity index is 1.12. The van der Waals surface area contributed by atoms with Gasteiger partial charge in [0.2, 0.25) is 0 Å². The second-order valence-corrected chi connectivity index (χ2v) is 16.0. The molecule has 2 saturated carbocycles. The van der Waals surface area contributed by atoms with E-state index < -0.39 is 50.3 Å². The fourth-order valence-electron chi connectivity index (χ4n) is 7.48. The van der Waals surface area contributed by atoms with E-state index in [1.807, 2.05) is 6.07 Å². The number of alkyl halides is 2. The van der Waals surface area contributed by atoms with Gasteiger partial charge in [-0.1, -0.05) is 57.7 Å². The highest BCUT2D eigenvalue weighted by Crippen LogP contribution is 3.02. The van der Waals surface area contributed by atoms with Crippen LogP contribution in [-0.4, -0.2) is 25.6 Å². The molecular formula is C34H42F10O3S. The lowest BCUT2D eigenvalue weighted by Crippen LogP contribution is -2.38. The first-order valence-electron chi connectivity index (χ1n) is 16.7. The Labute approximate surface area is 274 Å². The summed E-state index contributed by atoms with van der Waals surface area (Å²) in [6.45, 7) is 3.62. The second-order valence-electron chi connectivity index (χ2n) is 13.7. The predicted molar refractivity (Wildman–Crippen MR) is 162 cm³/mol. The van der Waals surface area contributed by atoms with Gasteiger partial charge in [-0.3, -0.25) is 0 Å². The molecule has 3 aliphatic rings. The molecule has 48 heavy (non-hydrogen) atoms. The van der Waals surface area contributed by atoms with Crippen molar-refractivity contribution in [2.24, 2.45) is 17.8 Å². The Morgan fingerprint density at radius 3 is 1.88 bits per heavy atom. The van der Waals surface area contributed by atoms with E-state index in [1.165, 1.54) is 25.3 Å². The highest BCUT2D eigenvalue weighted by atomic mass is 32.5. The van der Waals surface area contributed by atoms with Crippen LogP contribution in [0.4, 0.5) is 41.4 Å². The first kappa shape index (κ1) is 37.1. The van der Waals surface area contributed by atoms with Crippen molar-refractivity contribution in [1.82, 2.24) is 0 Å². The third-order valence-corrected chi connectivity index (χ3v) is 11.3. The van der Waals surface area contributed by atoms with E-state index in [-0.39, 0.29) is 55.9 Å². The number of unbranched alkanes of at least 4 members (excludes halogenated alkanes) is 2. The van der Waals surface area contributed by atoms with Gasteiger partial charge in [-0.25, -0.2) is 13.2 Å². The molecule has 1 aliphatic heterocycles. The molecule has 1 saturated heterocycles. The molecule has 2 aromatic carbocycles. The van der Waals surface area contributed by atoms with Gasteiger partial charge in [-0.05, 0) is 86.8 Å². The molecule has 0 aromatic heterocycles. The van der Waals surface area contributed by atoms with E-state index >= 15 is 4.39 Å². The van der Waals surface area contributed by atoms with E-state index in [0.717, 1.165) is 50.9 Å². The molecule has 0 unspecified atom stereocenters. The van der Waals surface area contributed by atoms with E-state index in [1.54, 1.807) is 6.07 Å². The third kappa shape index (κ3) is 8.93. The summed E-state index contributed by atoms with van der Waals surface area (Å²) in [6.07, 6.45) is 3.85. The normalized spacial score (nSPS) is 28.8. The average molecular weight is 721 g/mol. The molecule has 14 heteroatoms. The lowest BCUT2D eigenvalue weighted by Gasteiger charge is -2.40. The Bertz CT molecular complexity index is 1390. The molecule has 0 radical (unpaired) electrons. The molecule has 1 heterocycles. The number of benzene rings is 2. The lowest BCUT2D eigenvalue weighted by atomic mass is 9.76. The van der Waals surface area contributed by atoms with Crippen molar-refractivity contribution in [3.8, 4) is 5.75 Å². The predicted octanol–water partition coefficient (Wildman–Crippen LogP) is 12.6. The minimum Gasteiger partial charge on any atom is -0.432 e. The minimum absolute atomic E-state index is 0.137. The van der Waals surface area contributed by atoms with E-state index in [0.29, 0.717) is 17.4 Å². The first-order valence-corrected chi connectivity index (χ1v) is 18.6. The molecular weight excluding hydrogens is 678 g/mol. The second kappa shape index (κ2) is 13.5. The fourth-order valence-corrected chi connectivity index (χ4v) is 8.33. The smallest absolute Gasteiger partial charge is 0.400 e. The van der Waals surface area contributed by atoms with E-state index in [4.69, 9.17) is 9.47 Å². The molecule has 3 fully saturated rings. The molecule has 5 rings (SSSR count). The SMILES string of the molecule is CCCCCC1COC(C2CCC(c3ccc(C4CCC(C(F)(F)Oc5cc(F)c(S(F)(F)(F)(F)F)c(F)c5)CC4)c(F)c3)CC2)OC1. The fraction of sp³-hybridized carbons (Fsp3) is 0.647. The third-order valence-electron chi connectivity index (χ3n) is 10.1. The molecule has 2 aliphatic carbocycles. The van der Waals surface area contributed by atoms with Crippen LogP contribution < -0.4 is 4.74 Å². The standard InChI is InChI=1S/C34H42F10O3S/c1-2-3-4-5-21-19-45-33(46-20-21)24-8-6-22(7-9-24)25-12-15-28(29(35)16-25)23-10-13-26(14-11-23)34(38,39)47-27-17-30(36)32(31(37)18-27)48(40,41,42,43)44/h12,15-18,21-24,26,33H,2-11,13-14,19-20H2,1H3. The van der Waals surface area contributed by atoms with Crippen molar-refractivity contribution in [2.45, 2.75) is 113 Å². The summed E-state index contributed by atoms with van der Waals surface area (Å²) in [4.78, 5) is -3.42. The highest BCUT2D eigenvalue weighted by Gasteiger charge is 2.69. The van der Waals surface area contributed by atoms with Gasteiger partial charge in [0.15, 0.2) is 22.8 Å². The maximum absolute atomic E-state index is 15.4. The quantitative estimate of drug-likeness (QED) is 0.171. The Morgan fingerprint density at radius 1 is 0.750 bits per heavy atom. The zero-order valence-electron chi connectivity index (χ0n) is 26.7. The number of hydrogen-bond donors (Lipinski definition) is 0. The molecule has 272 valence electrons. The summed E-state index contributed by atoms with van der Waals surface area (Å²) in [6, 6.07) is 4.41. The number of ether oxygens (including phenoxy) is 3. The maximum Gasteiger partial charge on any atom is 0.400 e. The lowest BCUT2D eigenvalue weighted by molar-refractivity contribution is -0.229. The molecule has 0 atom stereocenters. The number of rotatable bonds is 11. The molecule has 2 aromatic rings. The number of halogens is 10. The average Bonchev–Trinajstić information content (AvgIpc) is 3.00. The zero-order valence-corrected chi connectivity index (χ0v) is 27.5. The van der Waals surface area contributed by atoms with E-state index in [9.17, 15) is 37.0 Å². The van der Waals surface area contributed by atoms with Gasteiger partial charge in [0.25, 0.3) is 0 Å². The van der Waals surface area contributed by atoms with Crippen LogP contribution in [0.1, 0.15) is 107 Å². The molecule has 0 bridgehead atoms. The van der Waals surface area contributed by atoms with Crippen molar-refractivity contribution in [2.75, 3.05) is 13.2 Å². The maximum atomic E-state index is 15.4. The number of hydrogen-bond acceptors (Lipinski definition) is 3. The molecule has 0 N–H and O–H groups in total. The van der Waals surface area contributed by atoms with Crippen LogP contribution in [0, 0.1) is 35.2 Å². The summed E-state index contributed by atoms with van der Waals surface area (Å²) in [7, 11) is -10.8. The topological polar surface area (TPSA) is 27.7 Å². The van der Waals surface area contributed by atoms with Crippen molar-refractivity contribution in [3.05, 3.63) is 58.9 Å². The monoisotopic (exact) mass is 720 g/mol. The first-order chi connectivity index (χ1) is 22.3. The summed E-state index contributed by atoms with van der Waals surface area (Å²) >= 11 is 0. The van der Waals surface area contributed by atoms with Gasteiger partial charge in [0.1, 0.15) is 11.6 Å². The van der Waals surface area contributed by atoms with Crippen LogP contribution in [0.3, 0.4) is 0 Å². The zero-order chi connectivity index (χ0) is 35.0. The molecule has 0 spiro atoms. The van der Waals surface area contributed by atoms with Gasteiger partial charge in [0.05, 0.1) is 19.1 Å². The van der Waals surface area contributed by atoms with Crippen molar-refractivity contribution >= 4 is 10.2 Å². The highest BCUT2D eigenvalue weighted by molar-refractivity contribution is 8.45. The summed E-state index contributed by atoms with van der Waals surface area (Å²) in [5.74, 6) is -8.26. The van der Waals surface area contributed by atoms with Gasteiger partial charge < -0.3 is 14.2 Å². The van der Waals surface area contributed by atoms with Crippen molar-refractivity contribution in [3.63, 3.8) is 0 Å². The van der Waals surface area contributed by atoms with Crippen molar-refractivity contribution < 1.29 is 55.6 Å². The van der Waals surface area contributed by atoms with Crippen LogP contribution in [0.5, 0.6) is 5.75 Å². The van der Waals surface area contributed by atoms with E-state index in [2.05, 4.69) is 11.7 Å². The van der Waals surface area contributed by atoms with Crippen LogP contribution >= 0.6 is 10.2 Å². The van der Waals surface area contributed by atoms with Gasteiger partial charge >= 0.3 is 16.3 Å². The molecule has 3 nitrogen and oxygen atoms in total. The van der Waals surface area contributed by atoms with Crippen molar-refractivity contribution in [1.29, 1.82) is 0 Å². The van der Waals surface area contributed by atoms with Crippen LogP contribution in [-0.2, 0) is 9.47 Å². The largest absolute Gasteiger partial charge is 0.432 e. The minimum atomic E-state index is -10.8. The van der Waals surface area contributed by atoms with Crippen LogP contribution in [0.2, 0.25) is 0 Å². The van der Waals surface area contributed by atoms with Gasteiger partial charge in [-0.2, -0.15) is 8.78 Å².